The maximum Gasteiger partial charge on any atom is 0.308 e. The van der Waals surface area contributed by atoms with Gasteiger partial charge >= 0.3 is 5.97 Å². The Morgan fingerprint density at radius 3 is 2.30 bits per heavy atom. The van der Waals surface area contributed by atoms with E-state index in [4.69, 9.17) is 14.2 Å². The van der Waals surface area contributed by atoms with Gasteiger partial charge in [0, 0.05) is 23.6 Å². The highest BCUT2D eigenvalue weighted by Gasteiger charge is 2.57. The standard InChI is InChI=1S/C21H28N2O4/c1-13(24)27-19-16(25-5)9-14(10-17(19)26-6)12-22-23-18-11-15-7-8-21(18,4)20(15,2)3/h9-12,15,23H,7-8H2,1-6H3/b22-12-/t15-,21-/m1/s1. The lowest BCUT2D eigenvalue weighted by molar-refractivity contribution is -0.132. The first-order chi connectivity index (χ1) is 12.7. The lowest BCUT2D eigenvalue weighted by atomic mass is 9.69. The number of nitrogens with zero attached hydrogens (tertiary/aromatic N) is 1. The first-order valence-electron chi connectivity index (χ1n) is 9.18. The molecular weight excluding hydrogens is 344 g/mol. The van der Waals surface area contributed by atoms with E-state index in [1.54, 1.807) is 18.3 Å². The number of esters is 1. The van der Waals surface area contributed by atoms with E-state index in [2.05, 4.69) is 37.4 Å². The van der Waals surface area contributed by atoms with Gasteiger partial charge in [0.15, 0.2) is 11.5 Å². The Kier molecular flexibility index (Phi) is 4.93. The van der Waals surface area contributed by atoms with Crippen LogP contribution >= 0.6 is 0 Å². The third-order valence-electron chi connectivity index (χ3n) is 6.39. The van der Waals surface area contributed by atoms with E-state index in [1.807, 2.05) is 0 Å². The minimum atomic E-state index is -0.436. The number of allylic oxidation sites excluding steroid dienone is 2. The molecule has 6 nitrogen and oxygen atoms in total. The smallest absolute Gasteiger partial charge is 0.308 e. The molecule has 0 aromatic heterocycles. The fraction of sp³-hybridized carbons (Fsp3) is 0.524. The van der Waals surface area contributed by atoms with Crippen LogP contribution in [0.15, 0.2) is 29.0 Å². The highest BCUT2D eigenvalue weighted by molar-refractivity contribution is 5.83. The molecule has 1 aromatic rings. The maximum absolute atomic E-state index is 11.3. The van der Waals surface area contributed by atoms with E-state index in [-0.39, 0.29) is 16.6 Å². The SMILES string of the molecule is COc1cc(/C=N\NC2=C[C@H]3CC[C@@]2(C)C3(C)C)cc(OC)c1OC(C)=O. The van der Waals surface area contributed by atoms with Crippen molar-refractivity contribution in [3.05, 3.63) is 29.5 Å². The van der Waals surface area contributed by atoms with Gasteiger partial charge in [0.1, 0.15) is 0 Å². The zero-order valence-electron chi connectivity index (χ0n) is 16.9. The Morgan fingerprint density at radius 1 is 1.22 bits per heavy atom. The van der Waals surface area contributed by atoms with Gasteiger partial charge in [-0.05, 0) is 36.3 Å². The molecule has 0 heterocycles. The van der Waals surface area contributed by atoms with Crippen molar-refractivity contribution in [1.82, 2.24) is 5.43 Å². The molecule has 146 valence electrons. The number of hydrogen-bond donors (Lipinski definition) is 1. The number of carbonyl (C=O) groups is 1. The highest BCUT2D eigenvalue weighted by atomic mass is 16.6. The van der Waals surface area contributed by atoms with Crippen LogP contribution in [0, 0.1) is 16.7 Å². The molecule has 0 amide bonds. The number of carbonyl (C=O) groups excluding carboxylic acids is 1. The summed E-state index contributed by atoms with van der Waals surface area (Å²) < 4.78 is 15.9. The lowest BCUT2D eigenvalue weighted by Crippen LogP contribution is -2.33. The summed E-state index contributed by atoms with van der Waals surface area (Å²) in [7, 11) is 3.04. The highest BCUT2D eigenvalue weighted by Crippen LogP contribution is 2.64. The molecule has 1 saturated carbocycles. The van der Waals surface area contributed by atoms with Crippen LogP contribution in [-0.4, -0.2) is 26.4 Å². The molecule has 0 unspecified atom stereocenters. The molecule has 2 aliphatic carbocycles. The van der Waals surface area contributed by atoms with Crippen molar-refractivity contribution in [3.63, 3.8) is 0 Å². The van der Waals surface area contributed by atoms with Crippen LogP contribution in [0.1, 0.15) is 46.1 Å². The lowest BCUT2D eigenvalue weighted by Gasteiger charge is -2.36. The molecule has 6 heteroatoms. The van der Waals surface area contributed by atoms with Crippen LogP contribution in [0.25, 0.3) is 0 Å². The summed E-state index contributed by atoms with van der Waals surface area (Å²) in [5.41, 5.74) is 5.59. The zero-order chi connectivity index (χ0) is 19.8. The van der Waals surface area contributed by atoms with Crippen LogP contribution in [0.4, 0.5) is 0 Å². The first-order valence-corrected chi connectivity index (χ1v) is 9.18. The number of hydrogen-bond acceptors (Lipinski definition) is 6. The van der Waals surface area contributed by atoms with Gasteiger partial charge in [-0.3, -0.25) is 10.2 Å². The van der Waals surface area contributed by atoms with Gasteiger partial charge in [0.05, 0.1) is 20.4 Å². The number of fused-ring (bicyclic) bond motifs is 2. The van der Waals surface area contributed by atoms with E-state index < -0.39 is 5.97 Å². The molecule has 1 fully saturated rings. The second-order valence-corrected chi connectivity index (χ2v) is 8.00. The van der Waals surface area contributed by atoms with Crippen LogP contribution in [-0.2, 0) is 4.79 Å². The fourth-order valence-corrected chi connectivity index (χ4v) is 4.25. The zero-order valence-corrected chi connectivity index (χ0v) is 16.9. The molecule has 2 aliphatic rings. The summed E-state index contributed by atoms with van der Waals surface area (Å²) in [6, 6.07) is 3.51. The van der Waals surface area contributed by atoms with Gasteiger partial charge in [0.2, 0.25) is 5.75 Å². The van der Waals surface area contributed by atoms with Crippen molar-refractivity contribution in [2.75, 3.05) is 14.2 Å². The van der Waals surface area contributed by atoms with Crippen molar-refractivity contribution in [3.8, 4) is 17.2 Å². The summed E-state index contributed by atoms with van der Waals surface area (Å²) in [5, 5.41) is 4.43. The van der Waals surface area contributed by atoms with Gasteiger partial charge in [-0.2, -0.15) is 5.10 Å². The second kappa shape index (κ2) is 6.91. The largest absolute Gasteiger partial charge is 0.493 e. The van der Waals surface area contributed by atoms with Gasteiger partial charge in [-0.1, -0.05) is 26.8 Å². The summed E-state index contributed by atoms with van der Waals surface area (Å²) in [6.45, 7) is 8.32. The van der Waals surface area contributed by atoms with Crippen LogP contribution < -0.4 is 19.6 Å². The van der Waals surface area contributed by atoms with Gasteiger partial charge in [-0.15, -0.1) is 0 Å². The average Bonchev–Trinajstić information content (AvgIpc) is 2.95. The minimum Gasteiger partial charge on any atom is -0.493 e. The predicted molar refractivity (Wildman–Crippen MR) is 104 cm³/mol. The number of methoxy groups -OCH3 is 2. The molecule has 2 atom stereocenters. The number of benzene rings is 1. The van der Waals surface area contributed by atoms with Gasteiger partial charge in [0.25, 0.3) is 0 Å². The van der Waals surface area contributed by atoms with E-state index in [0.29, 0.717) is 17.4 Å². The molecule has 0 saturated heterocycles. The molecule has 3 rings (SSSR count). The third kappa shape index (κ3) is 3.17. The van der Waals surface area contributed by atoms with E-state index >= 15 is 0 Å². The summed E-state index contributed by atoms with van der Waals surface area (Å²) >= 11 is 0. The number of rotatable bonds is 6. The molecule has 27 heavy (non-hydrogen) atoms. The van der Waals surface area contributed by atoms with Gasteiger partial charge in [-0.25, -0.2) is 0 Å². The molecule has 1 N–H and O–H groups in total. The summed E-state index contributed by atoms with van der Waals surface area (Å²) in [6.07, 6.45) is 6.46. The van der Waals surface area contributed by atoms with Crippen LogP contribution in [0.2, 0.25) is 0 Å². The molecule has 1 aromatic carbocycles. The van der Waals surface area contributed by atoms with Crippen LogP contribution in [0.5, 0.6) is 17.2 Å². The Balaban J connectivity index is 1.80. The Hall–Kier alpha value is -2.50. The number of nitrogens with one attached hydrogen (secondary N) is 1. The first kappa shape index (κ1) is 19.3. The topological polar surface area (TPSA) is 69.2 Å². The van der Waals surface area contributed by atoms with Crippen molar-refractivity contribution >= 4 is 12.2 Å². The van der Waals surface area contributed by atoms with Crippen LogP contribution in [0.3, 0.4) is 0 Å². The average molecular weight is 372 g/mol. The molecule has 0 aliphatic heterocycles. The van der Waals surface area contributed by atoms with Crippen molar-refractivity contribution in [1.29, 1.82) is 0 Å². The van der Waals surface area contributed by atoms with Gasteiger partial charge < -0.3 is 14.2 Å². The second-order valence-electron chi connectivity index (χ2n) is 8.00. The quantitative estimate of drug-likeness (QED) is 0.355. The van der Waals surface area contributed by atoms with Crippen molar-refractivity contribution < 1.29 is 19.0 Å². The minimum absolute atomic E-state index is 0.129. The Morgan fingerprint density at radius 2 is 1.85 bits per heavy atom. The molecule has 0 spiro atoms. The molecule has 2 bridgehead atoms. The van der Waals surface area contributed by atoms with Crippen molar-refractivity contribution in [2.24, 2.45) is 21.8 Å². The van der Waals surface area contributed by atoms with E-state index in [0.717, 1.165) is 5.56 Å². The Bertz CT molecular complexity index is 787. The normalized spacial score (nSPS) is 25.4. The van der Waals surface area contributed by atoms with E-state index in [9.17, 15) is 4.79 Å². The van der Waals surface area contributed by atoms with E-state index in [1.165, 1.54) is 39.7 Å². The molecular formula is C21H28N2O4. The number of hydrazone groups is 1. The Labute approximate surface area is 160 Å². The summed E-state index contributed by atoms with van der Waals surface area (Å²) in [4.78, 5) is 11.3. The predicted octanol–water partition coefficient (Wildman–Crippen LogP) is 3.89. The van der Waals surface area contributed by atoms with Crippen molar-refractivity contribution in [2.45, 2.75) is 40.5 Å². The number of ether oxygens (including phenoxy) is 3. The molecule has 0 radical (unpaired) electrons. The maximum atomic E-state index is 11.3. The third-order valence-corrected chi connectivity index (χ3v) is 6.39. The summed E-state index contributed by atoms with van der Waals surface area (Å²) in [5.74, 6) is 1.26. The fourth-order valence-electron chi connectivity index (χ4n) is 4.25. The monoisotopic (exact) mass is 372 g/mol.